The Balaban J connectivity index is 3.04. The van der Waals surface area contributed by atoms with Crippen LogP contribution in [0, 0.1) is 0 Å². The number of nitrogen functional groups attached to an aromatic ring is 1. The molecule has 1 aromatic rings. The highest BCUT2D eigenvalue weighted by Gasteiger charge is 2.12. The standard InChI is InChI=1S/C13H16N4O2S/c1-4-7(2)9(5-8(3)11(14)18)17-12(19)10-6-16-13(15)20-10/h4-6H,1H2,2-3H3,(H2,14,18)(H2,15,16)(H,17,19)/b8-5+,9-7+. The molecule has 0 aliphatic heterocycles. The fourth-order valence-corrected chi connectivity index (χ4v) is 1.80. The van der Waals surface area contributed by atoms with Gasteiger partial charge in [-0.05, 0) is 25.5 Å². The third-order valence-corrected chi connectivity index (χ3v) is 3.30. The lowest BCUT2D eigenvalue weighted by molar-refractivity contribution is -0.114. The van der Waals surface area contributed by atoms with Crippen LogP contribution in [0.2, 0.25) is 0 Å². The molecule has 0 spiro atoms. The van der Waals surface area contributed by atoms with E-state index in [-0.39, 0.29) is 5.91 Å². The minimum Gasteiger partial charge on any atom is -0.375 e. The molecule has 1 rings (SSSR count). The summed E-state index contributed by atoms with van der Waals surface area (Å²) in [6, 6.07) is 0. The molecule has 0 aliphatic rings. The first-order chi connectivity index (χ1) is 9.35. The molecular weight excluding hydrogens is 276 g/mol. The van der Waals surface area contributed by atoms with Gasteiger partial charge in [0.25, 0.3) is 5.91 Å². The van der Waals surface area contributed by atoms with Gasteiger partial charge in [-0.15, -0.1) is 0 Å². The zero-order valence-electron chi connectivity index (χ0n) is 11.3. The molecule has 0 saturated heterocycles. The van der Waals surface area contributed by atoms with Crippen LogP contribution >= 0.6 is 11.3 Å². The molecule has 106 valence electrons. The van der Waals surface area contributed by atoms with Gasteiger partial charge in [-0.1, -0.05) is 24.0 Å². The zero-order valence-corrected chi connectivity index (χ0v) is 12.1. The quantitative estimate of drug-likeness (QED) is 0.561. The van der Waals surface area contributed by atoms with Crippen LogP contribution in [-0.2, 0) is 4.79 Å². The fraction of sp³-hybridized carbons (Fsp3) is 0.154. The van der Waals surface area contributed by atoms with Crippen LogP contribution in [0.25, 0.3) is 0 Å². The Hall–Kier alpha value is -2.41. The molecular formula is C13H16N4O2S. The smallest absolute Gasteiger partial charge is 0.267 e. The number of rotatable bonds is 5. The normalized spacial score (nSPS) is 12.6. The second-order valence-electron chi connectivity index (χ2n) is 4.01. The summed E-state index contributed by atoms with van der Waals surface area (Å²) in [5, 5.41) is 2.99. The van der Waals surface area contributed by atoms with Gasteiger partial charge in [0.2, 0.25) is 5.91 Å². The van der Waals surface area contributed by atoms with Gasteiger partial charge in [0.15, 0.2) is 5.13 Å². The molecule has 0 unspecified atom stereocenters. The third-order valence-electron chi connectivity index (χ3n) is 2.48. The van der Waals surface area contributed by atoms with Crippen LogP contribution in [0.1, 0.15) is 23.5 Å². The second kappa shape index (κ2) is 6.67. The number of hydrogen-bond acceptors (Lipinski definition) is 5. The summed E-state index contributed by atoms with van der Waals surface area (Å²) in [4.78, 5) is 27.3. The second-order valence-corrected chi connectivity index (χ2v) is 5.07. The summed E-state index contributed by atoms with van der Waals surface area (Å²) in [7, 11) is 0. The van der Waals surface area contributed by atoms with Crippen LogP contribution in [0.15, 0.2) is 41.8 Å². The summed E-state index contributed by atoms with van der Waals surface area (Å²) in [5.74, 6) is -0.917. The molecule has 7 heteroatoms. The number of nitrogens with zero attached hydrogens (tertiary/aromatic N) is 1. The highest BCUT2D eigenvalue weighted by atomic mass is 32.1. The Morgan fingerprint density at radius 1 is 1.45 bits per heavy atom. The van der Waals surface area contributed by atoms with E-state index in [1.807, 2.05) is 0 Å². The van der Waals surface area contributed by atoms with E-state index in [0.717, 1.165) is 11.3 Å². The van der Waals surface area contributed by atoms with Crippen molar-refractivity contribution in [1.82, 2.24) is 10.3 Å². The van der Waals surface area contributed by atoms with E-state index in [9.17, 15) is 9.59 Å². The zero-order chi connectivity index (χ0) is 15.3. The molecule has 6 nitrogen and oxygen atoms in total. The van der Waals surface area contributed by atoms with Crippen molar-refractivity contribution in [3.8, 4) is 0 Å². The first-order valence-electron chi connectivity index (χ1n) is 5.69. The summed E-state index contributed by atoms with van der Waals surface area (Å²) in [6.45, 7) is 6.96. The van der Waals surface area contributed by atoms with E-state index >= 15 is 0 Å². The number of primary amides is 1. The van der Waals surface area contributed by atoms with Gasteiger partial charge < -0.3 is 16.8 Å². The maximum atomic E-state index is 12.0. The molecule has 0 bridgehead atoms. The predicted molar refractivity (Wildman–Crippen MR) is 79.8 cm³/mol. The maximum Gasteiger partial charge on any atom is 0.267 e. The highest BCUT2D eigenvalue weighted by Crippen LogP contribution is 2.15. The van der Waals surface area contributed by atoms with Crippen LogP contribution in [0.4, 0.5) is 5.13 Å². The van der Waals surface area contributed by atoms with Gasteiger partial charge in [0, 0.05) is 11.3 Å². The van der Waals surface area contributed by atoms with Crippen molar-refractivity contribution >= 4 is 28.3 Å². The molecule has 20 heavy (non-hydrogen) atoms. The molecule has 0 saturated carbocycles. The molecule has 1 heterocycles. The SMILES string of the molecule is C=C/C(C)=C(\C=C(/C)C(N)=O)NC(=O)c1cnc(N)s1. The average Bonchev–Trinajstić information content (AvgIpc) is 2.83. The number of thiazole rings is 1. The van der Waals surface area contributed by atoms with Crippen molar-refractivity contribution < 1.29 is 9.59 Å². The Bertz CT molecular complexity index is 614. The van der Waals surface area contributed by atoms with Crippen molar-refractivity contribution in [3.63, 3.8) is 0 Å². The van der Waals surface area contributed by atoms with Gasteiger partial charge in [-0.2, -0.15) is 0 Å². The highest BCUT2D eigenvalue weighted by molar-refractivity contribution is 7.17. The maximum absolute atomic E-state index is 12.0. The largest absolute Gasteiger partial charge is 0.375 e. The first kappa shape index (κ1) is 15.6. The Morgan fingerprint density at radius 3 is 2.55 bits per heavy atom. The third kappa shape index (κ3) is 4.06. The lowest BCUT2D eigenvalue weighted by atomic mass is 10.1. The van der Waals surface area contributed by atoms with Crippen LogP contribution < -0.4 is 16.8 Å². The van der Waals surface area contributed by atoms with E-state index in [0.29, 0.717) is 26.9 Å². The van der Waals surface area contributed by atoms with Crippen molar-refractivity contribution in [1.29, 1.82) is 0 Å². The summed E-state index contributed by atoms with van der Waals surface area (Å²) < 4.78 is 0. The van der Waals surface area contributed by atoms with Crippen molar-refractivity contribution in [2.24, 2.45) is 5.73 Å². The Labute approximate surface area is 120 Å². The Kier molecular flexibility index (Phi) is 5.22. The Morgan fingerprint density at radius 2 is 2.10 bits per heavy atom. The lowest BCUT2D eigenvalue weighted by Gasteiger charge is -2.08. The van der Waals surface area contributed by atoms with Crippen LogP contribution in [-0.4, -0.2) is 16.8 Å². The van der Waals surface area contributed by atoms with Crippen molar-refractivity contribution in [3.05, 3.63) is 46.6 Å². The fourth-order valence-electron chi connectivity index (χ4n) is 1.22. The number of carbonyl (C=O) groups is 2. The molecule has 0 aliphatic carbocycles. The number of nitrogens with one attached hydrogen (secondary N) is 1. The number of hydrogen-bond donors (Lipinski definition) is 3. The van der Waals surface area contributed by atoms with Gasteiger partial charge in [0.05, 0.1) is 6.20 Å². The predicted octanol–water partition coefficient (Wildman–Crippen LogP) is 1.35. The van der Waals surface area contributed by atoms with E-state index in [1.165, 1.54) is 12.3 Å². The van der Waals surface area contributed by atoms with Crippen LogP contribution in [0.5, 0.6) is 0 Å². The molecule has 0 fully saturated rings. The molecule has 1 aromatic heterocycles. The molecule has 5 N–H and O–H groups in total. The topological polar surface area (TPSA) is 111 Å². The van der Waals surface area contributed by atoms with Gasteiger partial charge >= 0.3 is 0 Å². The summed E-state index contributed by atoms with van der Waals surface area (Å²) >= 11 is 1.08. The van der Waals surface area contributed by atoms with Gasteiger partial charge in [-0.3, -0.25) is 9.59 Å². The number of allylic oxidation sites excluding steroid dienone is 3. The van der Waals surface area contributed by atoms with E-state index in [4.69, 9.17) is 11.5 Å². The van der Waals surface area contributed by atoms with Crippen molar-refractivity contribution in [2.45, 2.75) is 13.8 Å². The summed E-state index contributed by atoms with van der Waals surface area (Å²) in [6.07, 6.45) is 4.46. The molecule has 0 atom stereocenters. The number of nitrogens with two attached hydrogens (primary N) is 2. The summed E-state index contributed by atoms with van der Waals surface area (Å²) in [5.41, 5.74) is 12.1. The first-order valence-corrected chi connectivity index (χ1v) is 6.51. The van der Waals surface area contributed by atoms with E-state index in [2.05, 4.69) is 16.9 Å². The molecule has 0 radical (unpaired) electrons. The van der Waals surface area contributed by atoms with Gasteiger partial charge in [-0.25, -0.2) is 4.98 Å². The minimum absolute atomic E-state index is 0.310. The molecule has 2 amide bonds. The average molecular weight is 292 g/mol. The monoisotopic (exact) mass is 292 g/mol. The van der Waals surface area contributed by atoms with E-state index < -0.39 is 5.91 Å². The van der Waals surface area contributed by atoms with Crippen LogP contribution in [0.3, 0.4) is 0 Å². The van der Waals surface area contributed by atoms with Crippen molar-refractivity contribution in [2.75, 3.05) is 5.73 Å². The number of amides is 2. The number of aromatic nitrogens is 1. The number of anilines is 1. The van der Waals surface area contributed by atoms with Gasteiger partial charge in [0.1, 0.15) is 4.88 Å². The lowest BCUT2D eigenvalue weighted by Crippen LogP contribution is -2.23. The molecule has 0 aromatic carbocycles. The number of carbonyl (C=O) groups excluding carboxylic acids is 2. The van der Waals surface area contributed by atoms with E-state index in [1.54, 1.807) is 19.9 Å². The minimum atomic E-state index is -0.560.